The number of rotatable bonds is 3. The average molecular weight is 307 g/mol. The van der Waals surface area contributed by atoms with Gasteiger partial charge in [0.25, 0.3) is 6.43 Å². The van der Waals surface area contributed by atoms with Crippen LogP contribution in [0.5, 0.6) is 5.75 Å². The van der Waals surface area contributed by atoms with E-state index in [2.05, 4.69) is 4.98 Å². The van der Waals surface area contributed by atoms with Gasteiger partial charge in [-0.1, -0.05) is 0 Å². The topological polar surface area (TPSA) is 39.2 Å². The van der Waals surface area contributed by atoms with E-state index in [9.17, 15) is 18.0 Å². The minimum atomic E-state index is -2.88. The summed E-state index contributed by atoms with van der Waals surface area (Å²) in [6, 6.07) is 6.92. The predicted octanol–water partition coefficient (Wildman–Crippen LogP) is 3.29. The summed E-state index contributed by atoms with van der Waals surface area (Å²) in [7, 11) is 0. The van der Waals surface area contributed by atoms with Crippen LogP contribution in [0.2, 0.25) is 0 Å². The second-order valence-corrected chi connectivity index (χ2v) is 5.24. The van der Waals surface area contributed by atoms with Gasteiger partial charge in [0, 0.05) is 16.8 Å². The van der Waals surface area contributed by atoms with Crippen LogP contribution in [0.1, 0.15) is 11.3 Å². The molecule has 0 aliphatic carbocycles. The minimum Gasteiger partial charge on any atom is -0.489 e. The van der Waals surface area contributed by atoms with E-state index < -0.39 is 24.3 Å². The third-order valence-electron chi connectivity index (χ3n) is 3.78. The van der Waals surface area contributed by atoms with Crippen molar-refractivity contribution >= 4 is 6.29 Å². The number of aldehydes is 1. The molecule has 1 aromatic carbocycles. The average Bonchev–Trinajstić information content (AvgIpc) is 2.87. The van der Waals surface area contributed by atoms with Gasteiger partial charge in [0.2, 0.25) is 0 Å². The van der Waals surface area contributed by atoms with E-state index in [4.69, 9.17) is 4.74 Å². The highest BCUT2D eigenvalue weighted by Gasteiger charge is 2.50. The molecule has 0 spiro atoms. The van der Waals surface area contributed by atoms with Crippen molar-refractivity contribution in [2.75, 3.05) is 6.61 Å². The second-order valence-electron chi connectivity index (χ2n) is 5.24. The number of benzene rings is 1. The number of carbonyl (C=O) groups is 1. The Bertz CT molecular complexity index is 731. The Balaban J connectivity index is 2.22. The van der Waals surface area contributed by atoms with E-state index in [-0.39, 0.29) is 17.6 Å². The van der Waals surface area contributed by atoms with Gasteiger partial charge in [0.05, 0.1) is 0 Å². The lowest BCUT2D eigenvalue weighted by molar-refractivity contribution is -0.118. The first-order valence-electron chi connectivity index (χ1n) is 6.63. The number of ether oxygens (including phenoxy) is 1. The molecule has 1 aromatic heterocycles. The summed E-state index contributed by atoms with van der Waals surface area (Å²) in [5, 5.41) is 0. The molecule has 0 fully saturated rings. The van der Waals surface area contributed by atoms with Crippen molar-refractivity contribution in [2.24, 2.45) is 0 Å². The largest absolute Gasteiger partial charge is 0.489 e. The molecule has 114 valence electrons. The van der Waals surface area contributed by atoms with Crippen molar-refractivity contribution < 1.29 is 22.7 Å². The van der Waals surface area contributed by atoms with Gasteiger partial charge in [-0.3, -0.25) is 0 Å². The van der Waals surface area contributed by atoms with Crippen molar-refractivity contribution in [2.45, 2.75) is 18.8 Å². The number of hydrogen-bond acceptors (Lipinski definition) is 3. The fourth-order valence-electron chi connectivity index (χ4n) is 2.56. The molecule has 1 atom stereocenters. The number of halogens is 3. The summed E-state index contributed by atoms with van der Waals surface area (Å²) >= 11 is 0. The van der Waals surface area contributed by atoms with Crippen LogP contribution < -0.4 is 4.74 Å². The number of hydrogen-bond donors (Lipinski definition) is 0. The summed E-state index contributed by atoms with van der Waals surface area (Å²) in [6.07, 6.45) is -2.65. The van der Waals surface area contributed by atoms with Gasteiger partial charge >= 0.3 is 0 Å². The molecule has 3 nitrogen and oxygen atoms in total. The number of nitrogens with zero attached hydrogens (tertiary/aromatic N) is 1. The molecule has 1 aliphatic heterocycles. The van der Waals surface area contributed by atoms with Crippen LogP contribution in [0, 0.1) is 12.7 Å². The lowest BCUT2D eigenvalue weighted by Gasteiger charge is -2.19. The van der Waals surface area contributed by atoms with Gasteiger partial charge in [0.1, 0.15) is 35.6 Å². The Hall–Kier alpha value is -2.37. The van der Waals surface area contributed by atoms with E-state index in [1.54, 1.807) is 6.92 Å². The maximum atomic E-state index is 13.4. The van der Waals surface area contributed by atoms with Crippen molar-refractivity contribution in [3.8, 4) is 17.0 Å². The normalized spacial score (nSPS) is 19.9. The van der Waals surface area contributed by atoms with E-state index in [0.717, 1.165) is 0 Å². The summed E-state index contributed by atoms with van der Waals surface area (Å²) < 4.78 is 45.2. The number of pyridine rings is 1. The summed E-state index contributed by atoms with van der Waals surface area (Å²) in [5.74, 6) is -0.256. The summed E-state index contributed by atoms with van der Waals surface area (Å²) in [4.78, 5) is 15.6. The highest BCUT2D eigenvalue weighted by Crippen LogP contribution is 2.46. The van der Waals surface area contributed by atoms with E-state index in [0.29, 0.717) is 17.0 Å². The first kappa shape index (κ1) is 14.6. The summed E-state index contributed by atoms with van der Waals surface area (Å²) in [5.41, 5.74) is -0.492. The maximum absolute atomic E-state index is 13.4. The van der Waals surface area contributed by atoms with Crippen LogP contribution in [0.15, 0.2) is 30.3 Å². The lowest BCUT2D eigenvalue weighted by Crippen LogP contribution is -2.38. The molecule has 0 N–H and O–H groups in total. The molecule has 1 unspecified atom stereocenters. The molecule has 0 saturated carbocycles. The third kappa shape index (κ3) is 2.06. The lowest BCUT2D eigenvalue weighted by atomic mass is 9.83. The fourth-order valence-corrected chi connectivity index (χ4v) is 2.56. The van der Waals surface area contributed by atoms with E-state index >= 15 is 0 Å². The van der Waals surface area contributed by atoms with Gasteiger partial charge in [-0.2, -0.15) is 0 Å². The quantitative estimate of drug-likeness (QED) is 0.817. The van der Waals surface area contributed by atoms with Crippen LogP contribution >= 0.6 is 0 Å². The highest BCUT2D eigenvalue weighted by atomic mass is 19.3. The van der Waals surface area contributed by atoms with Crippen LogP contribution in [0.25, 0.3) is 11.3 Å². The monoisotopic (exact) mass is 307 g/mol. The number of fused-ring (bicyclic) bond motifs is 1. The number of aromatic nitrogens is 1. The molecule has 2 heterocycles. The fraction of sp³-hybridized carbons (Fsp3) is 0.250. The standard InChI is InChI=1S/C16H12F3NO2/c1-9-6-12-14(22-8-16(12,7-21)15(18)19)13(20-9)10-2-4-11(17)5-3-10/h2-7,15H,8H2,1H3. The van der Waals surface area contributed by atoms with Gasteiger partial charge < -0.3 is 9.53 Å². The molecule has 1 aliphatic rings. The van der Waals surface area contributed by atoms with Crippen molar-refractivity contribution in [3.63, 3.8) is 0 Å². The summed E-state index contributed by atoms with van der Waals surface area (Å²) in [6.45, 7) is 1.22. The number of carbonyl (C=O) groups excluding carboxylic acids is 1. The van der Waals surface area contributed by atoms with Crippen molar-refractivity contribution in [3.05, 3.63) is 47.4 Å². The van der Waals surface area contributed by atoms with Gasteiger partial charge in [-0.05, 0) is 37.3 Å². The molecule has 22 heavy (non-hydrogen) atoms. The number of aryl methyl sites for hydroxylation is 1. The SMILES string of the molecule is Cc1cc2c(c(-c3ccc(F)cc3)n1)OCC2(C=O)C(F)F. The molecular formula is C16H12F3NO2. The molecule has 0 radical (unpaired) electrons. The van der Waals surface area contributed by atoms with Crippen molar-refractivity contribution in [1.29, 1.82) is 0 Å². The molecule has 2 aromatic rings. The third-order valence-corrected chi connectivity index (χ3v) is 3.78. The van der Waals surface area contributed by atoms with Crippen LogP contribution in [0.3, 0.4) is 0 Å². The first-order chi connectivity index (χ1) is 10.5. The zero-order valence-electron chi connectivity index (χ0n) is 11.6. The zero-order valence-corrected chi connectivity index (χ0v) is 11.6. The van der Waals surface area contributed by atoms with E-state index in [1.807, 2.05) is 0 Å². The van der Waals surface area contributed by atoms with Gasteiger partial charge in [-0.25, -0.2) is 18.2 Å². The van der Waals surface area contributed by atoms with Crippen LogP contribution in [-0.2, 0) is 10.2 Å². The molecular weight excluding hydrogens is 295 g/mol. The van der Waals surface area contributed by atoms with Gasteiger partial charge in [-0.15, -0.1) is 0 Å². The Kier molecular flexibility index (Phi) is 3.39. The van der Waals surface area contributed by atoms with Crippen LogP contribution in [-0.4, -0.2) is 24.3 Å². The minimum absolute atomic E-state index is 0.129. The zero-order chi connectivity index (χ0) is 15.9. The Morgan fingerprint density at radius 3 is 2.59 bits per heavy atom. The molecule has 0 saturated heterocycles. The Morgan fingerprint density at radius 2 is 2.00 bits per heavy atom. The first-order valence-corrected chi connectivity index (χ1v) is 6.63. The highest BCUT2D eigenvalue weighted by molar-refractivity contribution is 5.79. The van der Waals surface area contributed by atoms with Gasteiger partial charge in [0.15, 0.2) is 0 Å². The second kappa shape index (κ2) is 5.12. The molecule has 3 rings (SSSR count). The predicted molar refractivity (Wildman–Crippen MR) is 73.6 cm³/mol. The smallest absolute Gasteiger partial charge is 0.258 e. The Labute approximate surface area is 124 Å². The van der Waals surface area contributed by atoms with Crippen LogP contribution in [0.4, 0.5) is 13.2 Å². The number of alkyl halides is 2. The Morgan fingerprint density at radius 1 is 1.32 bits per heavy atom. The van der Waals surface area contributed by atoms with Crippen molar-refractivity contribution in [1.82, 2.24) is 4.98 Å². The molecule has 0 amide bonds. The molecule has 0 bridgehead atoms. The maximum Gasteiger partial charge on any atom is 0.258 e. The molecule has 6 heteroatoms. The van der Waals surface area contributed by atoms with E-state index in [1.165, 1.54) is 30.3 Å².